The Hall–Kier alpha value is -7.16. The van der Waals surface area contributed by atoms with Crippen LogP contribution in [0.4, 0.5) is 0 Å². The summed E-state index contributed by atoms with van der Waals surface area (Å²) >= 11 is 0. The van der Waals surface area contributed by atoms with Crippen molar-refractivity contribution in [2.75, 3.05) is 0 Å². The second-order valence-corrected chi connectivity index (χ2v) is 17.8. The molecule has 0 spiro atoms. The summed E-state index contributed by atoms with van der Waals surface area (Å²) in [6.07, 6.45) is 3.94. The highest BCUT2D eigenvalue weighted by molar-refractivity contribution is 6.22. The predicted octanol–water partition coefficient (Wildman–Crippen LogP) is 15.2. The van der Waals surface area contributed by atoms with Gasteiger partial charge < -0.3 is 0 Å². The van der Waals surface area contributed by atoms with Gasteiger partial charge in [-0.3, -0.25) is 9.97 Å². The maximum atomic E-state index is 5.01. The molecule has 0 radical (unpaired) electrons. The van der Waals surface area contributed by atoms with Crippen LogP contribution in [0.1, 0.15) is 49.9 Å². The SMILES string of the molecule is CC1(C)c2ccccc2-c2ccc(-c3c4ccccc4c(-c4ccc5c(c4)C(C)(C)c4ccccc4-5)c4cc(-c5ccc(-c6cnc7ccccc7c6)nc5)ccc34)cc21. The van der Waals surface area contributed by atoms with Crippen LogP contribution < -0.4 is 0 Å². The molecule has 0 saturated carbocycles. The summed E-state index contributed by atoms with van der Waals surface area (Å²) in [4.78, 5) is 9.72. The number of nitrogens with zero attached hydrogens (tertiary/aromatic N) is 2. The molecule has 2 heterocycles. The van der Waals surface area contributed by atoms with Crippen molar-refractivity contribution >= 4 is 32.4 Å². The van der Waals surface area contributed by atoms with Crippen LogP contribution in [0.5, 0.6) is 0 Å². The van der Waals surface area contributed by atoms with E-state index in [2.05, 4.69) is 185 Å². The molecular weight excluding hydrogens is 725 g/mol. The van der Waals surface area contributed by atoms with Gasteiger partial charge in [-0.2, -0.15) is 0 Å². The third-order valence-corrected chi connectivity index (χ3v) is 13.8. The second kappa shape index (κ2) is 12.7. The largest absolute Gasteiger partial charge is 0.256 e. The van der Waals surface area contributed by atoms with E-state index < -0.39 is 0 Å². The molecule has 0 amide bonds. The number of fused-ring (bicyclic) bond motifs is 9. The fourth-order valence-electron chi connectivity index (χ4n) is 10.6. The Morgan fingerprint density at radius 3 is 1.47 bits per heavy atom. The molecule has 0 saturated heterocycles. The van der Waals surface area contributed by atoms with E-state index in [0.717, 1.165) is 33.3 Å². The Morgan fingerprint density at radius 1 is 0.333 bits per heavy atom. The first-order valence-electron chi connectivity index (χ1n) is 21.1. The lowest BCUT2D eigenvalue weighted by atomic mass is 9.79. The molecule has 10 aromatic rings. The first-order chi connectivity index (χ1) is 29.3. The summed E-state index contributed by atoms with van der Waals surface area (Å²) in [7, 11) is 0. The number of hydrogen-bond acceptors (Lipinski definition) is 2. The average molecular weight is 767 g/mol. The molecule has 0 fully saturated rings. The van der Waals surface area contributed by atoms with Gasteiger partial charge in [-0.1, -0.05) is 161 Å². The van der Waals surface area contributed by atoms with Crippen LogP contribution in [0.2, 0.25) is 0 Å². The van der Waals surface area contributed by atoms with Crippen molar-refractivity contribution in [2.45, 2.75) is 38.5 Å². The van der Waals surface area contributed by atoms with Crippen molar-refractivity contribution < 1.29 is 0 Å². The molecule has 2 heteroatoms. The fourth-order valence-corrected chi connectivity index (χ4v) is 10.6. The highest BCUT2D eigenvalue weighted by Gasteiger charge is 2.37. The molecule has 12 rings (SSSR count). The van der Waals surface area contributed by atoms with Crippen molar-refractivity contribution in [3.63, 3.8) is 0 Å². The van der Waals surface area contributed by atoms with Gasteiger partial charge in [0, 0.05) is 39.7 Å². The van der Waals surface area contributed by atoms with Crippen LogP contribution >= 0.6 is 0 Å². The molecule has 2 aliphatic carbocycles. The zero-order valence-corrected chi connectivity index (χ0v) is 34.2. The van der Waals surface area contributed by atoms with Crippen LogP contribution in [0.15, 0.2) is 182 Å². The summed E-state index contributed by atoms with van der Waals surface area (Å²) in [5, 5.41) is 6.11. The van der Waals surface area contributed by atoms with Gasteiger partial charge in [-0.15, -0.1) is 0 Å². The van der Waals surface area contributed by atoms with Gasteiger partial charge in [0.1, 0.15) is 0 Å². The van der Waals surface area contributed by atoms with E-state index in [-0.39, 0.29) is 10.8 Å². The van der Waals surface area contributed by atoms with E-state index >= 15 is 0 Å². The summed E-state index contributed by atoms with van der Waals surface area (Å²) in [6.45, 7) is 9.49. The topological polar surface area (TPSA) is 25.8 Å². The monoisotopic (exact) mass is 766 g/mol. The van der Waals surface area contributed by atoms with Crippen LogP contribution in [0.3, 0.4) is 0 Å². The highest BCUT2D eigenvalue weighted by Crippen LogP contribution is 2.53. The third-order valence-electron chi connectivity index (χ3n) is 13.8. The van der Waals surface area contributed by atoms with Crippen molar-refractivity contribution in [1.82, 2.24) is 9.97 Å². The normalized spacial score (nSPS) is 14.3. The zero-order valence-electron chi connectivity index (χ0n) is 34.2. The van der Waals surface area contributed by atoms with Crippen molar-refractivity contribution in [2.24, 2.45) is 0 Å². The Balaban J connectivity index is 1.08. The first kappa shape index (κ1) is 34.8. The van der Waals surface area contributed by atoms with Crippen LogP contribution in [-0.4, -0.2) is 9.97 Å². The summed E-state index contributed by atoms with van der Waals surface area (Å²) in [5.41, 5.74) is 20.8. The second-order valence-electron chi connectivity index (χ2n) is 17.8. The molecule has 0 aliphatic heterocycles. The molecular formula is C58H42N2. The van der Waals surface area contributed by atoms with E-state index in [4.69, 9.17) is 9.97 Å². The first-order valence-corrected chi connectivity index (χ1v) is 21.1. The van der Waals surface area contributed by atoms with Crippen molar-refractivity contribution in [3.05, 3.63) is 205 Å². The number of rotatable bonds is 4. The van der Waals surface area contributed by atoms with E-state index in [1.165, 1.54) is 88.3 Å². The quantitative estimate of drug-likeness (QED) is 0.167. The summed E-state index contributed by atoms with van der Waals surface area (Å²) in [6, 6.07) is 63.1. The van der Waals surface area contributed by atoms with Crippen LogP contribution in [0, 0.1) is 0 Å². The predicted molar refractivity (Wildman–Crippen MR) is 251 cm³/mol. The summed E-state index contributed by atoms with van der Waals surface area (Å²) < 4.78 is 0. The number of aromatic nitrogens is 2. The molecule has 284 valence electrons. The van der Waals surface area contributed by atoms with E-state index in [9.17, 15) is 0 Å². The van der Waals surface area contributed by atoms with Gasteiger partial charge >= 0.3 is 0 Å². The maximum absolute atomic E-state index is 5.01. The van der Waals surface area contributed by atoms with E-state index in [1.54, 1.807) is 0 Å². The Morgan fingerprint density at radius 2 is 0.833 bits per heavy atom. The number of benzene rings is 8. The Bertz CT molecular complexity index is 3420. The van der Waals surface area contributed by atoms with Gasteiger partial charge in [-0.25, -0.2) is 0 Å². The average Bonchev–Trinajstić information content (AvgIpc) is 3.66. The molecule has 8 aromatic carbocycles. The third kappa shape index (κ3) is 5.01. The molecule has 0 atom stereocenters. The molecule has 2 aliphatic rings. The van der Waals surface area contributed by atoms with Gasteiger partial charge in [0.05, 0.1) is 11.2 Å². The summed E-state index contributed by atoms with van der Waals surface area (Å²) in [5.74, 6) is 0. The van der Waals surface area contributed by atoms with Crippen molar-refractivity contribution in [1.29, 1.82) is 0 Å². The lowest BCUT2D eigenvalue weighted by Gasteiger charge is -2.24. The van der Waals surface area contributed by atoms with Gasteiger partial charge in [0.15, 0.2) is 0 Å². The highest BCUT2D eigenvalue weighted by atomic mass is 14.7. The minimum Gasteiger partial charge on any atom is -0.256 e. The molecule has 0 N–H and O–H groups in total. The van der Waals surface area contributed by atoms with Crippen LogP contribution in [-0.2, 0) is 10.8 Å². The van der Waals surface area contributed by atoms with E-state index in [1.807, 2.05) is 24.5 Å². The number of para-hydroxylation sites is 1. The number of pyridine rings is 2. The molecule has 0 bridgehead atoms. The molecule has 60 heavy (non-hydrogen) atoms. The van der Waals surface area contributed by atoms with Gasteiger partial charge in [0.25, 0.3) is 0 Å². The van der Waals surface area contributed by atoms with Gasteiger partial charge in [-0.05, 0) is 130 Å². The van der Waals surface area contributed by atoms with Crippen molar-refractivity contribution in [3.8, 4) is 66.9 Å². The molecule has 2 nitrogen and oxygen atoms in total. The Kier molecular flexibility index (Phi) is 7.36. The van der Waals surface area contributed by atoms with E-state index in [0.29, 0.717) is 0 Å². The fraction of sp³-hybridized carbons (Fsp3) is 0.103. The number of hydrogen-bond donors (Lipinski definition) is 0. The zero-order chi connectivity index (χ0) is 40.3. The molecule has 0 unspecified atom stereocenters. The molecule has 2 aromatic heterocycles. The Labute approximate surface area is 350 Å². The smallest absolute Gasteiger partial charge is 0.0718 e. The van der Waals surface area contributed by atoms with Gasteiger partial charge in [0.2, 0.25) is 0 Å². The van der Waals surface area contributed by atoms with Crippen LogP contribution in [0.25, 0.3) is 99.3 Å². The minimum atomic E-state index is -0.110. The lowest BCUT2D eigenvalue weighted by molar-refractivity contribution is 0.660. The standard InChI is InChI=1S/C58H42N2/c1-57(2)49-18-10-8-14-41(49)43-25-22-37(31-51(43)57)55-45-16-6-7-17-46(45)56(38-23-26-44-42-15-9-11-19-50(42)58(3,4)52(44)32-38)48-30-35(21-27-47(48)55)39-24-28-54(59-33-39)40-29-36-13-5-12-20-53(36)60-34-40/h5-34H,1-4H3. The maximum Gasteiger partial charge on any atom is 0.0718 e. The lowest BCUT2D eigenvalue weighted by Crippen LogP contribution is -2.15. The minimum absolute atomic E-state index is 0.0997.